The van der Waals surface area contributed by atoms with E-state index in [1.54, 1.807) is 36.4 Å². The molecular formula is C16H10Br2N2O2S2. The summed E-state index contributed by atoms with van der Waals surface area (Å²) in [4.78, 5) is 24.3. The summed E-state index contributed by atoms with van der Waals surface area (Å²) in [7, 11) is 0. The van der Waals surface area contributed by atoms with Crippen LogP contribution < -0.4 is 10.6 Å². The SMILES string of the molecule is O=C(Nc1ccc(NC(=O)c2ccsc2Br)cc1)c1ccsc1Br. The van der Waals surface area contributed by atoms with Crippen molar-refractivity contribution in [3.63, 3.8) is 0 Å². The van der Waals surface area contributed by atoms with E-state index in [1.165, 1.54) is 22.7 Å². The van der Waals surface area contributed by atoms with Crippen molar-refractivity contribution in [2.24, 2.45) is 0 Å². The molecule has 0 radical (unpaired) electrons. The summed E-state index contributed by atoms with van der Waals surface area (Å²) in [6.45, 7) is 0. The molecule has 0 saturated carbocycles. The van der Waals surface area contributed by atoms with Gasteiger partial charge in [0.1, 0.15) is 0 Å². The molecule has 0 bridgehead atoms. The Labute approximate surface area is 163 Å². The summed E-state index contributed by atoms with van der Waals surface area (Å²) in [5.41, 5.74) is 2.51. The van der Waals surface area contributed by atoms with E-state index >= 15 is 0 Å². The van der Waals surface area contributed by atoms with Gasteiger partial charge in [-0.1, -0.05) is 0 Å². The van der Waals surface area contributed by atoms with Crippen molar-refractivity contribution in [3.8, 4) is 0 Å². The standard InChI is InChI=1S/C16H10Br2N2O2S2/c17-13-11(5-7-23-13)15(21)19-9-1-2-10(4-3-9)20-16(22)12-6-8-24-14(12)18/h1-8H,(H,19,21)(H,20,22). The van der Waals surface area contributed by atoms with Gasteiger partial charge in [0.05, 0.1) is 18.7 Å². The van der Waals surface area contributed by atoms with Crippen molar-refractivity contribution in [1.29, 1.82) is 0 Å². The summed E-state index contributed by atoms with van der Waals surface area (Å²) >= 11 is 9.62. The topological polar surface area (TPSA) is 58.2 Å². The molecule has 2 heterocycles. The molecule has 0 unspecified atom stereocenters. The van der Waals surface area contributed by atoms with E-state index in [2.05, 4.69) is 42.5 Å². The Morgan fingerprint density at radius 2 is 1.08 bits per heavy atom. The molecule has 0 spiro atoms. The Hall–Kier alpha value is -1.48. The Balaban J connectivity index is 1.65. The lowest BCUT2D eigenvalue weighted by molar-refractivity contribution is 0.101. The second-order valence-corrected chi connectivity index (χ2v) is 9.17. The normalized spacial score (nSPS) is 10.4. The van der Waals surface area contributed by atoms with Crippen molar-refractivity contribution in [2.75, 3.05) is 10.6 Å². The summed E-state index contributed by atoms with van der Waals surface area (Å²) < 4.78 is 1.59. The number of carbonyl (C=O) groups is 2. The fourth-order valence-electron chi connectivity index (χ4n) is 1.95. The molecule has 24 heavy (non-hydrogen) atoms. The lowest BCUT2D eigenvalue weighted by Crippen LogP contribution is -2.13. The fraction of sp³-hybridized carbons (Fsp3) is 0. The fourth-order valence-corrected chi connectivity index (χ4v) is 4.44. The van der Waals surface area contributed by atoms with Crippen LogP contribution in [0.2, 0.25) is 0 Å². The molecular weight excluding hydrogens is 476 g/mol. The van der Waals surface area contributed by atoms with E-state index in [9.17, 15) is 9.59 Å². The van der Waals surface area contributed by atoms with Gasteiger partial charge in [0, 0.05) is 11.4 Å². The summed E-state index contributed by atoms with van der Waals surface area (Å²) in [6, 6.07) is 10.5. The number of nitrogens with one attached hydrogen (secondary N) is 2. The molecule has 1 aromatic carbocycles. The van der Waals surface area contributed by atoms with E-state index in [1.807, 2.05) is 10.8 Å². The van der Waals surface area contributed by atoms with E-state index in [-0.39, 0.29) is 11.8 Å². The smallest absolute Gasteiger partial charge is 0.257 e. The van der Waals surface area contributed by atoms with Crippen molar-refractivity contribution >= 4 is 77.7 Å². The van der Waals surface area contributed by atoms with Crippen LogP contribution >= 0.6 is 54.5 Å². The van der Waals surface area contributed by atoms with E-state index in [0.29, 0.717) is 22.5 Å². The highest BCUT2D eigenvalue weighted by Gasteiger charge is 2.13. The second-order valence-electron chi connectivity index (χ2n) is 4.70. The predicted octanol–water partition coefficient (Wildman–Crippen LogP) is 5.84. The average molecular weight is 486 g/mol. The first-order chi connectivity index (χ1) is 11.5. The van der Waals surface area contributed by atoms with Crippen molar-refractivity contribution < 1.29 is 9.59 Å². The number of halogens is 2. The first-order valence-corrected chi connectivity index (χ1v) is 10.1. The number of carbonyl (C=O) groups excluding carboxylic acids is 2. The number of hydrogen-bond acceptors (Lipinski definition) is 4. The minimum Gasteiger partial charge on any atom is -0.322 e. The Kier molecular flexibility index (Phi) is 5.50. The molecule has 3 aromatic rings. The van der Waals surface area contributed by atoms with Crippen LogP contribution in [0.4, 0.5) is 11.4 Å². The van der Waals surface area contributed by atoms with E-state index in [0.717, 1.165) is 7.57 Å². The quantitative estimate of drug-likeness (QED) is 0.487. The van der Waals surface area contributed by atoms with Gasteiger partial charge in [-0.05, 0) is 79.0 Å². The molecule has 2 N–H and O–H groups in total. The third-order valence-corrected chi connectivity index (χ3v) is 6.50. The molecule has 0 saturated heterocycles. The number of anilines is 2. The van der Waals surface area contributed by atoms with Gasteiger partial charge in [0.15, 0.2) is 0 Å². The van der Waals surface area contributed by atoms with Crippen molar-refractivity contribution in [1.82, 2.24) is 0 Å². The Bertz CT molecular complexity index is 814. The van der Waals surface area contributed by atoms with E-state index < -0.39 is 0 Å². The molecule has 122 valence electrons. The van der Waals surface area contributed by atoms with E-state index in [4.69, 9.17) is 0 Å². The molecule has 0 fully saturated rings. The van der Waals surface area contributed by atoms with Gasteiger partial charge in [-0.3, -0.25) is 9.59 Å². The minimum atomic E-state index is -0.179. The average Bonchev–Trinajstić information content (AvgIpc) is 3.17. The van der Waals surface area contributed by atoms with Gasteiger partial charge in [0.2, 0.25) is 0 Å². The van der Waals surface area contributed by atoms with Crippen LogP contribution in [0.15, 0.2) is 54.7 Å². The molecule has 3 rings (SSSR count). The van der Waals surface area contributed by atoms with Crippen LogP contribution in [0.3, 0.4) is 0 Å². The highest BCUT2D eigenvalue weighted by atomic mass is 79.9. The van der Waals surface area contributed by atoms with Gasteiger partial charge in [-0.2, -0.15) is 0 Å². The van der Waals surface area contributed by atoms with Crippen molar-refractivity contribution in [2.45, 2.75) is 0 Å². The van der Waals surface area contributed by atoms with Crippen LogP contribution in [-0.4, -0.2) is 11.8 Å². The zero-order chi connectivity index (χ0) is 17.1. The van der Waals surface area contributed by atoms with Crippen LogP contribution in [0, 0.1) is 0 Å². The number of amides is 2. The summed E-state index contributed by atoms with van der Waals surface area (Å²) in [5, 5.41) is 9.34. The zero-order valence-electron chi connectivity index (χ0n) is 12.0. The molecule has 0 aliphatic carbocycles. The van der Waals surface area contributed by atoms with Crippen LogP contribution in [0.5, 0.6) is 0 Å². The monoisotopic (exact) mass is 484 g/mol. The summed E-state index contributed by atoms with van der Waals surface area (Å²) in [5.74, 6) is -0.357. The first-order valence-electron chi connectivity index (χ1n) is 6.73. The molecule has 2 amide bonds. The van der Waals surface area contributed by atoms with Gasteiger partial charge < -0.3 is 10.6 Å². The predicted molar refractivity (Wildman–Crippen MR) is 106 cm³/mol. The lowest BCUT2D eigenvalue weighted by Gasteiger charge is -2.07. The maximum Gasteiger partial charge on any atom is 0.257 e. The Morgan fingerprint density at radius 3 is 1.38 bits per heavy atom. The van der Waals surface area contributed by atoms with Gasteiger partial charge in [-0.15, -0.1) is 22.7 Å². The van der Waals surface area contributed by atoms with Crippen LogP contribution in [0.1, 0.15) is 20.7 Å². The number of rotatable bonds is 4. The molecule has 0 aliphatic rings. The largest absolute Gasteiger partial charge is 0.322 e. The maximum atomic E-state index is 12.1. The lowest BCUT2D eigenvalue weighted by atomic mass is 10.2. The Morgan fingerprint density at radius 1 is 0.708 bits per heavy atom. The first kappa shape index (κ1) is 17.3. The number of hydrogen-bond donors (Lipinski definition) is 2. The highest BCUT2D eigenvalue weighted by Crippen LogP contribution is 2.26. The summed E-state index contributed by atoms with van der Waals surface area (Å²) in [6.07, 6.45) is 0. The molecule has 0 aliphatic heterocycles. The second kappa shape index (κ2) is 7.60. The van der Waals surface area contributed by atoms with Crippen molar-refractivity contribution in [3.05, 3.63) is 65.9 Å². The minimum absolute atomic E-state index is 0.179. The highest BCUT2D eigenvalue weighted by molar-refractivity contribution is 9.11. The number of thiophene rings is 2. The number of benzene rings is 1. The maximum absolute atomic E-state index is 12.1. The van der Waals surface area contributed by atoms with Crippen LogP contribution in [-0.2, 0) is 0 Å². The van der Waals surface area contributed by atoms with Gasteiger partial charge in [0.25, 0.3) is 11.8 Å². The third kappa shape index (κ3) is 3.94. The third-order valence-electron chi connectivity index (χ3n) is 3.13. The van der Waals surface area contributed by atoms with Gasteiger partial charge >= 0.3 is 0 Å². The van der Waals surface area contributed by atoms with Gasteiger partial charge in [-0.25, -0.2) is 0 Å². The zero-order valence-corrected chi connectivity index (χ0v) is 16.8. The van der Waals surface area contributed by atoms with Crippen LogP contribution in [0.25, 0.3) is 0 Å². The molecule has 2 aromatic heterocycles. The molecule has 4 nitrogen and oxygen atoms in total. The molecule has 0 atom stereocenters. The molecule has 8 heteroatoms.